The van der Waals surface area contributed by atoms with Gasteiger partial charge in [-0.15, -0.1) is 0 Å². The van der Waals surface area contributed by atoms with Crippen molar-refractivity contribution in [3.63, 3.8) is 0 Å². The maximum atomic E-state index is 4.30. The molecular formula is C18H28N4. The van der Waals surface area contributed by atoms with Crippen LogP contribution in [0.15, 0.2) is 42.7 Å². The third-order valence-electron chi connectivity index (χ3n) is 3.81. The minimum atomic E-state index is 0.0238. The van der Waals surface area contributed by atoms with Crippen molar-refractivity contribution in [3.8, 4) is 0 Å². The van der Waals surface area contributed by atoms with Gasteiger partial charge in [0.1, 0.15) is 0 Å². The summed E-state index contributed by atoms with van der Waals surface area (Å²) in [4.78, 5) is 0. The highest BCUT2D eigenvalue weighted by Crippen LogP contribution is 2.15. The summed E-state index contributed by atoms with van der Waals surface area (Å²) in [7, 11) is 0. The van der Waals surface area contributed by atoms with Crippen molar-refractivity contribution in [1.82, 2.24) is 20.4 Å². The van der Waals surface area contributed by atoms with E-state index in [4.69, 9.17) is 0 Å². The van der Waals surface area contributed by atoms with Crippen molar-refractivity contribution in [1.29, 1.82) is 0 Å². The molecule has 0 aliphatic rings. The normalized spacial score (nSPS) is 13.3. The number of nitrogens with one attached hydrogen (secondary N) is 2. The van der Waals surface area contributed by atoms with Crippen LogP contribution in [0.25, 0.3) is 0 Å². The lowest BCUT2D eigenvalue weighted by molar-refractivity contribution is 0.330. The number of aryl methyl sites for hydroxylation is 1. The number of hydrogen-bond acceptors (Lipinski definition) is 3. The van der Waals surface area contributed by atoms with Gasteiger partial charge in [-0.1, -0.05) is 30.3 Å². The van der Waals surface area contributed by atoms with E-state index in [0.717, 1.165) is 19.6 Å². The number of rotatable bonds is 8. The molecule has 0 spiro atoms. The molecule has 0 aliphatic heterocycles. The smallest absolute Gasteiger partial charge is 0.0534 e. The van der Waals surface area contributed by atoms with Gasteiger partial charge in [0.2, 0.25) is 0 Å². The van der Waals surface area contributed by atoms with Crippen molar-refractivity contribution in [2.45, 2.75) is 52.4 Å². The summed E-state index contributed by atoms with van der Waals surface area (Å²) >= 11 is 0. The van der Waals surface area contributed by atoms with E-state index >= 15 is 0 Å². The van der Waals surface area contributed by atoms with Gasteiger partial charge in [-0.25, -0.2) is 0 Å². The van der Waals surface area contributed by atoms with E-state index < -0.39 is 0 Å². The molecule has 0 fully saturated rings. The quantitative estimate of drug-likeness (QED) is 0.787. The van der Waals surface area contributed by atoms with Gasteiger partial charge in [-0.2, -0.15) is 5.10 Å². The summed E-state index contributed by atoms with van der Waals surface area (Å²) in [6.45, 7) is 11.4. The molecule has 4 nitrogen and oxygen atoms in total. The van der Waals surface area contributed by atoms with Crippen LogP contribution in [0.4, 0.5) is 0 Å². The number of hydrogen-bond donors (Lipinski definition) is 2. The Morgan fingerprint density at radius 3 is 2.59 bits per heavy atom. The zero-order chi connectivity index (χ0) is 16.0. The van der Waals surface area contributed by atoms with E-state index in [1.165, 1.54) is 11.1 Å². The topological polar surface area (TPSA) is 41.9 Å². The van der Waals surface area contributed by atoms with Gasteiger partial charge < -0.3 is 10.6 Å². The van der Waals surface area contributed by atoms with Crippen molar-refractivity contribution >= 4 is 0 Å². The average Bonchev–Trinajstić information content (AvgIpc) is 2.95. The standard InChI is InChI=1S/C18H28N4/c1-5-22-13-16(12-20-22)11-19-14-18(3,4)21-15(2)17-9-7-6-8-10-17/h6-10,12-13,15,19,21H,5,11,14H2,1-4H3/t15-/m1/s1. The Kier molecular flexibility index (Phi) is 5.75. The largest absolute Gasteiger partial charge is 0.311 e. The third kappa shape index (κ3) is 4.97. The zero-order valence-corrected chi connectivity index (χ0v) is 14.1. The fourth-order valence-electron chi connectivity index (χ4n) is 2.65. The molecule has 0 bridgehead atoms. The molecule has 0 radical (unpaired) electrons. The first-order valence-electron chi connectivity index (χ1n) is 8.05. The van der Waals surface area contributed by atoms with Crippen molar-refractivity contribution in [3.05, 3.63) is 53.9 Å². The number of benzene rings is 1. The molecule has 2 aromatic rings. The Hall–Kier alpha value is -1.65. The maximum absolute atomic E-state index is 4.30. The van der Waals surface area contributed by atoms with E-state index in [-0.39, 0.29) is 5.54 Å². The van der Waals surface area contributed by atoms with Gasteiger partial charge in [0.15, 0.2) is 0 Å². The molecule has 0 saturated heterocycles. The summed E-state index contributed by atoms with van der Waals surface area (Å²) < 4.78 is 1.96. The molecule has 0 amide bonds. The first-order valence-corrected chi connectivity index (χ1v) is 8.05. The van der Waals surface area contributed by atoms with Crippen molar-refractivity contribution < 1.29 is 0 Å². The zero-order valence-electron chi connectivity index (χ0n) is 14.1. The van der Waals surface area contributed by atoms with Gasteiger partial charge in [-0.3, -0.25) is 4.68 Å². The monoisotopic (exact) mass is 300 g/mol. The SMILES string of the molecule is CCn1cc(CNCC(C)(C)N[C@H](C)c2ccccc2)cn1. The molecule has 1 atom stereocenters. The van der Waals surface area contributed by atoms with E-state index in [0.29, 0.717) is 6.04 Å². The van der Waals surface area contributed by atoms with E-state index in [9.17, 15) is 0 Å². The van der Waals surface area contributed by atoms with Crippen molar-refractivity contribution in [2.24, 2.45) is 0 Å². The minimum absolute atomic E-state index is 0.0238. The predicted molar refractivity (Wildman–Crippen MR) is 91.7 cm³/mol. The van der Waals surface area contributed by atoms with Crippen LogP contribution >= 0.6 is 0 Å². The fourth-order valence-corrected chi connectivity index (χ4v) is 2.65. The molecule has 1 heterocycles. The number of nitrogens with zero attached hydrogens (tertiary/aromatic N) is 2. The number of aromatic nitrogens is 2. The van der Waals surface area contributed by atoms with Crippen molar-refractivity contribution in [2.75, 3.05) is 6.54 Å². The maximum Gasteiger partial charge on any atom is 0.0534 e. The Morgan fingerprint density at radius 1 is 1.23 bits per heavy atom. The van der Waals surface area contributed by atoms with Gasteiger partial charge in [0.05, 0.1) is 6.20 Å². The lowest BCUT2D eigenvalue weighted by Crippen LogP contribution is -2.48. The lowest BCUT2D eigenvalue weighted by atomic mass is 10.0. The summed E-state index contributed by atoms with van der Waals surface area (Å²) in [5.41, 5.74) is 2.57. The third-order valence-corrected chi connectivity index (χ3v) is 3.81. The van der Waals surface area contributed by atoms with Gasteiger partial charge in [0.25, 0.3) is 0 Å². The summed E-state index contributed by atoms with van der Waals surface area (Å²) in [6, 6.07) is 10.9. The Labute approximate surface area is 133 Å². The molecule has 22 heavy (non-hydrogen) atoms. The van der Waals surface area contributed by atoms with E-state index in [1.807, 2.05) is 10.9 Å². The van der Waals surface area contributed by atoms with Crippen LogP contribution in [0.3, 0.4) is 0 Å². The minimum Gasteiger partial charge on any atom is -0.311 e. The highest BCUT2D eigenvalue weighted by atomic mass is 15.3. The summed E-state index contributed by atoms with van der Waals surface area (Å²) in [5.74, 6) is 0. The molecular weight excluding hydrogens is 272 g/mol. The molecule has 0 saturated carbocycles. The fraction of sp³-hybridized carbons (Fsp3) is 0.500. The van der Waals surface area contributed by atoms with E-state index in [1.54, 1.807) is 0 Å². The summed E-state index contributed by atoms with van der Waals surface area (Å²) in [5, 5.41) is 11.5. The van der Waals surface area contributed by atoms with Gasteiger partial charge in [0, 0.05) is 43.0 Å². The molecule has 0 unspecified atom stereocenters. The highest BCUT2D eigenvalue weighted by molar-refractivity contribution is 5.18. The highest BCUT2D eigenvalue weighted by Gasteiger charge is 2.20. The molecule has 4 heteroatoms. The second kappa shape index (κ2) is 7.56. The van der Waals surface area contributed by atoms with Crippen LogP contribution in [-0.4, -0.2) is 21.9 Å². The van der Waals surface area contributed by atoms with E-state index in [2.05, 4.69) is 80.0 Å². The molecule has 2 N–H and O–H groups in total. The Morgan fingerprint density at radius 2 is 1.95 bits per heavy atom. The molecule has 120 valence electrons. The second-order valence-electron chi connectivity index (χ2n) is 6.47. The van der Waals surface area contributed by atoms with Crippen LogP contribution in [0.2, 0.25) is 0 Å². The predicted octanol–water partition coefficient (Wildman–Crippen LogP) is 3.12. The molecule has 1 aromatic heterocycles. The Bertz CT molecular complexity index is 559. The van der Waals surface area contributed by atoms with Gasteiger partial charge in [-0.05, 0) is 33.3 Å². The molecule has 1 aromatic carbocycles. The van der Waals surface area contributed by atoms with Crippen LogP contribution in [0, 0.1) is 0 Å². The van der Waals surface area contributed by atoms with Crippen LogP contribution < -0.4 is 10.6 Å². The lowest BCUT2D eigenvalue weighted by Gasteiger charge is -2.31. The molecule has 0 aliphatic carbocycles. The van der Waals surface area contributed by atoms with Crippen LogP contribution in [0.5, 0.6) is 0 Å². The van der Waals surface area contributed by atoms with Crippen LogP contribution in [0.1, 0.15) is 44.9 Å². The van der Waals surface area contributed by atoms with Gasteiger partial charge >= 0.3 is 0 Å². The first-order chi connectivity index (χ1) is 10.5. The Balaban J connectivity index is 1.80. The average molecular weight is 300 g/mol. The van der Waals surface area contributed by atoms with Crippen LogP contribution in [-0.2, 0) is 13.1 Å². The summed E-state index contributed by atoms with van der Waals surface area (Å²) in [6.07, 6.45) is 4.03. The molecule has 2 rings (SSSR count). The second-order valence-corrected chi connectivity index (χ2v) is 6.47. The first kappa shape index (κ1) is 16.7.